The van der Waals surface area contributed by atoms with E-state index in [1.54, 1.807) is 13.2 Å². The van der Waals surface area contributed by atoms with Crippen molar-refractivity contribution in [1.82, 2.24) is 9.97 Å². The quantitative estimate of drug-likeness (QED) is 0.784. The van der Waals surface area contributed by atoms with Gasteiger partial charge in [0.25, 0.3) is 0 Å². The summed E-state index contributed by atoms with van der Waals surface area (Å²) in [6, 6.07) is 9.44. The van der Waals surface area contributed by atoms with E-state index in [0.29, 0.717) is 23.5 Å². The number of benzene rings is 1. The fourth-order valence-electron chi connectivity index (χ4n) is 1.64. The van der Waals surface area contributed by atoms with Gasteiger partial charge in [-0.15, -0.1) is 0 Å². The summed E-state index contributed by atoms with van der Waals surface area (Å²) in [4.78, 5) is 8.28. The van der Waals surface area contributed by atoms with E-state index in [4.69, 9.17) is 21.1 Å². The van der Waals surface area contributed by atoms with E-state index in [0.717, 1.165) is 12.2 Å². The summed E-state index contributed by atoms with van der Waals surface area (Å²) in [5.74, 6) is 1.65. The molecule has 0 bridgehead atoms. The molecule has 1 heterocycles. The van der Waals surface area contributed by atoms with Gasteiger partial charge in [-0.1, -0.05) is 30.7 Å². The minimum Gasteiger partial charge on any atom is -0.439 e. The monoisotopic (exact) mass is 278 g/mol. The van der Waals surface area contributed by atoms with Gasteiger partial charge in [0, 0.05) is 13.2 Å². The van der Waals surface area contributed by atoms with Gasteiger partial charge < -0.3 is 9.47 Å². The number of nitrogens with zero attached hydrogens (tertiary/aromatic N) is 2. The van der Waals surface area contributed by atoms with Gasteiger partial charge in [-0.05, 0) is 24.1 Å². The van der Waals surface area contributed by atoms with E-state index >= 15 is 0 Å². The molecule has 0 aliphatic rings. The summed E-state index contributed by atoms with van der Waals surface area (Å²) in [5.41, 5.74) is 1.20. The number of aromatic nitrogens is 2. The summed E-state index contributed by atoms with van der Waals surface area (Å²) < 4.78 is 10.7. The average Bonchev–Trinajstić information content (AvgIpc) is 2.38. The largest absolute Gasteiger partial charge is 0.439 e. The Kier molecular flexibility index (Phi) is 4.71. The van der Waals surface area contributed by atoms with Crippen molar-refractivity contribution < 1.29 is 9.47 Å². The lowest BCUT2D eigenvalue weighted by Gasteiger charge is -2.07. The molecule has 0 amide bonds. The standard InChI is InChI=1S/C14H15ClN2O2/c1-3-10-5-4-6-11(7-10)19-14-8-12(15)16-13(17-14)9-18-2/h4-8H,3,9H2,1-2H3. The molecular formula is C14H15ClN2O2. The molecule has 0 spiro atoms. The maximum atomic E-state index is 5.92. The Bertz CT molecular complexity index is 561. The lowest BCUT2D eigenvalue weighted by atomic mass is 10.2. The van der Waals surface area contributed by atoms with E-state index in [2.05, 4.69) is 23.0 Å². The summed E-state index contributed by atoms with van der Waals surface area (Å²) in [7, 11) is 1.58. The predicted molar refractivity (Wildman–Crippen MR) is 73.6 cm³/mol. The van der Waals surface area contributed by atoms with Crippen LogP contribution >= 0.6 is 11.6 Å². The third kappa shape index (κ3) is 3.91. The highest BCUT2D eigenvalue weighted by Gasteiger charge is 2.05. The molecule has 0 aliphatic heterocycles. The molecule has 0 saturated heterocycles. The summed E-state index contributed by atoms with van der Waals surface area (Å²) >= 11 is 5.92. The molecule has 0 radical (unpaired) electrons. The van der Waals surface area contributed by atoms with Gasteiger partial charge in [0.15, 0.2) is 5.82 Å². The van der Waals surface area contributed by atoms with Crippen LogP contribution in [0.25, 0.3) is 0 Å². The second-order valence-corrected chi connectivity index (χ2v) is 4.37. The molecule has 0 aliphatic carbocycles. The van der Waals surface area contributed by atoms with Crippen molar-refractivity contribution in [1.29, 1.82) is 0 Å². The maximum absolute atomic E-state index is 5.92. The molecule has 0 saturated carbocycles. The zero-order chi connectivity index (χ0) is 13.7. The highest BCUT2D eigenvalue weighted by Crippen LogP contribution is 2.23. The number of hydrogen-bond donors (Lipinski definition) is 0. The molecule has 19 heavy (non-hydrogen) atoms. The molecule has 4 nitrogen and oxygen atoms in total. The first-order chi connectivity index (χ1) is 9.21. The van der Waals surface area contributed by atoms with Gasteiger partial charge in [-0.25, -0.2) is 4.98 Å². The Hall–Kier alpha value is -1.65. The molecule has 0 fully saturated rings. The lowest BCUT2D eigenvalue weighted by Crippen LogP contribution is -1.99. The first-order valence-electron chi connectivity index (χ1n) is 6.00. The van der Waals surface area contributed by atoms with Crippen molar-refractivity contribution in [3.63, 3.8) is 0 Å². The highest BCUT2D eigenvalue weighted by atomic mass is 35.5. The van der Waals surface area contributed by atoms with Gasteiger partial charge in [0.2, 0.25) is 5.88 Å². The van der Waals surface area contributed by atoms with Crippen LogP contribution in [0.2, 0.25) is 5.15 Å². The fourth-order valence-corrected chi connectivity index (χ4v) is 1.83. The Labute approximate surface area is 117 Å². The average molecular weight is 279 g/mol. The number of aryl methyl sites for hydroxylation is 1. The molecule has 0 N–H and O–H groups in total. The van der Waals surface area contributed by atoms with Crippen molar-refractivity contribution in [2.24, 2.45) is 0 Å². The zero-order valence-corrected chi connectivity index (χ0v) is 11.6. The van der Waals surface area contributed by atoms with E-state index < -0.39 is 0 Å². The van der Waals surface area contributed by atoms with Crippen molar-refractivity contribution in [3.8, 4) is 11.6 Å². The molecular weight excluding hydrogens is 264 g/mol. The van der Waals surface area contributed by atoms with Crippen LogP contribution in [0.4, 0.5) is 0 Å². The van der Waals surface area contributed by atoms with Crippen molar-refractivity contribution in [2.45, 2.75) is 20.0 Å². The second-order valence-electron chi connectivity index (χ2n) is 3.98. The van der Waals surface area contributed by atoms with Crippen molar-refractivity contribution in [3.05, 3.63) is 46.9 Å². The van der Waals surface area contributed by atoms with Crippen LogP contribution in [0, 0.1) is 0 Å². The van der Waals surface area contributed by atoms with E-state index in [1.807, 2.05) is 18.2 Å². The number of hydrogen-bond acceptors (Lipinski definition) is 4. The van der Waals surface area contributed by atoms with Crippen molar-refractivity contribution in [2.75, 3.05) is 7.11 Å². The van der Waals surface area contributed by atoms with E-state index in [9.17, 15) is 0 Å². The van der Waals surface area contributed by atoms with Crippen LogP contribution in [0.1, 0.15) is 18.3 Å². The predicted octanol–water partition coefficient (Wildman–Crippen LogP) is 3.63. The molecule has 5 heteroatoms. The van der Waals surface area contributed by atoms with Crippen LogP contribution in [-0.2, 0) is 17.8 Å². The molecule has 100 valence electrons. The summed E-state index contributed by atoms with van der Waals surface area (Å²) in [5, 5.41) is 0.337. The molecule has 2 aromatic rings. The van der Waals surface area contributed by atoms with Crippen molar-refractivity contribution >= 4 is 11.6 Å². The molecule has 2 rings (SSSR count). The van der Waals surface area contributed by atoms with Gasteiger partial charge >= 0.3 is 0 Å². The van der Waals surface area contributed by atoms with Crippen LogP contribution in [0.3, 0.4) is 0 Å². The fraction of sp³-hybridized carbons (Fsp3) is 0.286. The minimum absolute atomic E-state index is 0.298. The van der Waals surface area contributed by atoms with Crippen LogP contribution in [0.15, 0.2) is 30.3 Å². The third-order valence-electron chi connectivity index (χ3n) is 2.52. The minimum atomic E-state index is 0.298. The van der Waals surface area contributed by atoms with Gasteiger partial charge in [0.1, 0.15) is 17.5 Å². The number of halogens is 1. The first kappa shape index (κ1) is 13.8. The molecule has 0 unspecified atom stereocenters. The molecule has 1 aromatic carbocycles. The highest BCUT2D eigenvalue weighted by molar-refractivity contribution is 6.29. The number of rotatable bonds is 5. The smallest absolute Gasteiger partial charge is 0.224 e. The Balaban J connectivity index is 2.22. The van der Waals surface area contributed by atoms with Gasteiger partial charge in [-0.2, -0.15) is 4.98 Å². The lowest BCUT2D eigenvalue weighted by molar-refractivity contribution is 0.177. The summed E-state index contributed by atoms with van der Waals surface area (Å²) in [6.45, 7) is 2.39. The maximum Gasteiger partial charge on any atom is 0.224 e. The summed E-state index contributed by atoms with van der Waals surface area (Å²) in [6.07, 6.45) is 0.955. The SMILES string of the molecule is CCc1cccc(Oc2cc(Cl)nc(COC)n2)c1. The van der Waals surface area contributed by atoms with Crippen LogP contribution in [-0.4, -0.2) is 17.1 Å². The Morgan fingerprint density at radius 3 is 2.79 bits per heavy atom. The normalized spacial score (nSPS) is 10.5. The van der Waals surface area contributed by atoms with E-state index in [1.165, 1.54) is 5.56 Å². The Morgan fingerprint density at radius 1 is 1.21 bits per heavy atom. The topological polar surface area (TPSA) is 44.2 Å². The van der Waals surface area contributed by atoms with Crippen LogP contribution < -0.4 is 4.74 Å². The Morgan fingerprint density at radius 2 is 2.05 bits per heavy atom. The van der Waals surface area contributed by atoms with E-state index in [-0.39, 0.29) is 0 Å². The second kappa shape index (κ2) is 6.50. The van der Waals surface area contributed by atoms with Crippen LogP contribution in [0.5, 0.6) is 11.6 Å². The first-order valence-corrected chi connectivity index (χ1v) is 6.38. The van der Waals surface area contributed by atoms with Gasteiger partial charge in [0.05, 0.1) is 0 Å². The molecule has 0 atom stereocenters. The van der Waals surface area contributed by atoms with Gasteiger partial charge in [-0.3, -0.25) is 0 Å². The zero-order valence-electron chi connectivity index (χ0n) is 10.9. The molecule has 1 aromatic heterocycles. The number of ether oxygens (including phenoxy) is 2. The number of methoxy groups -OCH3 is 1. The third-order valence-corrected chi connectivity index (χ3v) is 2.71.